The third-order valence-corrected chi connectivity index (χ3v) is 10.7. The maximum atomic E-state index is 13.5. The second-order valence-corrected chi connectivity index (χ2v) is 14.9. The summed E-state index contributed by atoms with van der Waals surface area (Å²) in [5.74, 6) is -1.61. The number of fused-ring (bicyclic) bond motifs is 1. The molecule has 0 aliphatic heterocycles. The van der Waals surface area contributed by atoms with Crippen molar-refractivity contribution < 1.29 is 33.9 Å². The molecule has 3 unspecified atom stereocenters. The minimum atomic E-state index is -1.44. The van der Waals surface area contributed by atoms with E-state index in [1.165, 1.54) is 18.7 Å². The lowest BCUT2D eigenvalue weighted by atomic mass is 9.67. The summed E-state index contributed by atoms with van der Waals surface area (Å²) >= 11 is 1.43. The van der Waals surface area contributed by atoms with Crippen LogP contribution in [-0.2, 0) is 35.2 Å². The molecule has 4 rings (SSSR count). The van der Waals surface area contributed by atoms with Crippen LogP contribution in [0.2, 0.25) is 0 Å². The summed E-state index contributed by atoms with van der Waals surface area (Å²) in [6.45, 7) is 10.3. The number of aldehydes is 1. The standard InChI is InChI=1S/C37H48N4O7S/c1-21(2)14-29(34(46)38-17-31(44)40-26(18-42)16-25-10-8-7-9-11-25)41-35(47)30(39-24(5)43)20-49-19-28-22(3)15-27-32(28)23(4)37(12-13-37)36(6,48)33(27)45/h7-11,15,18,21,26,29-30,48H,12-14,16-17,19-20H2,1-6H3,(H,38,46)(H,39,43)(H,40,44)(H,41,47)/t26?,29?,30?,36-/m0/s1. The molecule has 5 N–H and O–H groups in total. The Labute approximate surface area is 292 Å². The van der Waals surface area contributed by atoms with Crippen LogP contribution in [0.25, 0.3) is 0 Å². The summed E-state index contributed by atoms with van der Waals surface area (Å²) in [6, 6.07) is 6.55. The van der Waals surface area contributed by atoms with E-state index in [9.17, 15) is 33.9 Å². The van der Waals surface area contributed by atoms with Crippen molar-refractivity contribution in [3.8, 4) is 0 Å². The average Bonchev–Trinajstić information content (AvgIpc) is 3.80. The third kappa shape index (κ3) is 8.59. The molecule has 4 amide bonds. The fourth-order valence-corrected chi connectivity index (χ4v) is 8.00. The number of thioether (sulfide) groups is 1. The highest BCUT2D eigenvalue weighted by molar-refractivity contribution is 7.99. The number of rotatable bonds is 16. The molecule has 3 aliphatic rings. The Balaban J connectivity index is 1.36. The lowest BCUT2D eigenvalue weighted by Crippen LogP contribution is -2.55. The quantitative estimate of drug-likeness (QED) is 0.165. The maximum absolute atomic E-state index is 13.5. The van der Waals surface area contributed by atoms with E-state index in [1.54, 1.807) is 6.92 Å². The number of ketones is 1. The minimum absolute atomic E-state index is 0.0213. The van der Waals surface area contributed by atoms with Gasteiger partial charge >= 0.3 is 0 Å². The number of nitrogens with one attached hydrogen (secondary N) is 4. The number of carbonyl (C=O) groups is 6. The van der Waals surface area contributed by atoms with Gasteiger partial charge in [-0.1, -0.05) is 49.8 Å². The summed E-state index contributed by atoms with van der Waals surface area (Å²) < 4.78 is 0. The molecule has 12 heteroatoms. The topological polar surface area (TPSA) is 171 Å². The first-order valence-electron chi connectivity index (χ1n) is 16.7. The number of amides is 4. The Kier molecular flexibility index (Phi) is 12.1. The smallest absolute Gasteiger partial charge is 0.244 e. The maximum Gasteiger partial charge on any atom is 0.244 e. The van der Waals surface area contributed by atoms with Gasteiger partial charge in [0.1, 0.15) is 24.0 Å². The molecular formula is C37H48N4O7S. The van der Waals surface area contributed by atoms with Crippen molar-refractivity contribution in [2.24, 2.45) is 11.3 Å². The van der Waals surface area contributed by atoms with Crippen LogP contribution in [-0.4, -0.2) is 82.6 Å². The number of allylic oxidation sites excluding steroid dienone is 3. The summed E-state index contributed by atoms with van der Waals surface area (Å²) in [5, 5.41) is 21.8. The Hall–Kier alpha value is -4.03. The van der Waals surface area contributed by atoms with Crippen LogP contribution >= 0.6 is 11.8 Å². The van der Waals surface area contributed by atoms with Gasteiger partial charge in [0.2, 0.25) is 23.6 Å². The second kappa shape index (κ2) is 15.7. The van der Waals surface area contributed by atoms with Crippen LogP contribution in [0, 0.1) is 11.3 Å². The van der Waals surface area contributed by atoms with E-state index < -0.39 is 52.8 Å². The molecule has 3 aliphatic carbocycles. The molecule has 0 saturated heterocycles. The number of benzene rings is 1. The van der Waals surface area contributed by atoms with Gasteiger partial charge in [0.15, 0.2) is 5.78 Å². The van der Waals surface area contributed by atoms with Crippen molar-refractivity contribution in [2.45, 2.75) is 91.0 Å². The third-order valence-electron chi connectivity index (χ3n) is 9.67. The van der Waals surface area contributed by atoms with Crippen molar-refractivity contribution in [1.82, 2.24) is 21.3 Å². The SMILES string of the molecule is CC(=O)NC(CSCC1=C(C)C=C2C(=O)[C@](C)(O)C3(CC3)C(C)=C21)C(=O)NC(CC(C)C)C(=O)NCC(=O)NC(C=O)Cc1ccccc1. The Morgan fingerprint density at radius 2 is 1.67 bits per heavy atom. The number of hydrogen-bond donors (Lipinski definition) is 5. The van der Waals surface area contributed by atoms with Crippen LogP contribution in [0.1, 0.15) is 66.4 Å². The lowest BCUT2D eigenvalue weighted by Gasteiger charge is -2.39. The molecule has 0 radical (unpaired) electrons. The van der Waals surface area contributed by atoms with E-state index in [2.05, 4.69) is 21.3 Å². The number of aliphatic hydroxyl groups is 1. The van der Waals surface area contributed by atoms with Crippen LogP contribution in [0.3, 0.4) is 0 Å². The van der Waals surface area contributed by atoms with E-state index in [4.69, 9.17) is 0 Å². The highest BCUT2D eigenvalue weighted by Gasteiger charge is 2.65. The first kappa shape index (κ1) is 37.8. The minimum Gasteiger partial charge on any atom is -0.381 e. The summed E-state index contributed by atoms with van der Waals surface area (Å²) in [7, 11) is 0. The first-order valence-corrected chi connectivity index (χ1v) is 17.9. The summed E-state index contributed by atoms with van der Waals surface area (Å²) in [6.07, 6.45) is 4.58. The van der Waals surface area contributed by atoms with Crippen molar-refractivity contribution >= 4 is 47.5 Å². The molecule has 11 nitrogen and oxygen atoms in total. The highest BCUT2D eigenvalue weighted by atomic mass is 32.2. The molecule has 49 heavy (non-hydrogen) atoms. The van der Waals surface area contributed by atoms with Gasteiger partial charge in [0.25, 0.3) is 0 Å². The van der Waals surface area contributed by atoms with Gasteiger partial charge < -0.3 is 31.2 Å². The van der Waals surface area contributed by atoms with E-state index in [0.717, 1.165) is 40.7 Å². The fourth-order valence-electron chi connectivity index (χ4n) is 6.83. The van der Waals surface area contributed by atoms with Gasteiger partial charge in [-0.15, -0.1) is 0 Å². The largest absolute Gasteiger partial charge is 0.381 e. The molecular weight excluding hydrogens is 644 g/mol. The van der Waals surface area contributed by atoms with E-state index in [-0.39, 0.29) is 30.4 Å². The monoisotopic (exact) mass is 692 g/mol. The number of hydrogen-bond acceptors (Lipinski definition) is 8. The number of carbonyl (C=O) groups excluding carboxylic acids is 6. The predicted octanol–water partition coefficient (Wildman–Crippen LogP) is 2.48. The molecule has 1 aromatic rings. The van der Waals surface area contributed by atoms with Crippen LogP contribution in [0.5, 0.6) is 0 Å². The zero-order valence-corrected chi connectivity index (χ0v) is 29.9. The lowest BCUT2D eigenvalue weighted by molar-refractivity contribution is -0.137. The van der Waals surface area contributed by atoms with Crippen molar-refractivity contribution in [1.29, 1.82) is 0 Å². The Morgan fingerprint density at radius 3 is 2.27 bits per heavy atom. The first-order chi connectivity index (χ1) is 23.1. The van der Waals surface area contributed by atoms with Crippen molar-refractivity contribution in [2.75, 3.05) is 18.1 Å². The van der Waals surface area contributed by atoms with Gasteiger partial charge in [-0.05, 0) is 80.7 Å². The molecule has 1 saturated carbocycles. The van der Waals surface area contributed by atoms with E-state index in [1.807, 2.05) is 64.1 Å². The molecule has 4 atom stereocenters. The summed E-state index contributed by atoms with van der Waals surface area (Å²) in [4.78, 5) is 76.3. The molecule has 0 aromatic heterocycles. The van der Waals surface area contributed by atoms with Crippen molar-refractivity contribution in [3.63, 3.8) is 0 Å². The zero-order chi connectivity index (χ0) is 36.1. The van der Waals surface area contributed by atoms with E-state index in [0.29, 0.717) is 24.0 Å². The van der Waals surface area contributed by atoms with E-state index >= 15 is 0 Å². The summed E-state index contributed by atoms with van der Waals surface area (Å²) in [5.41, 5.74) is 3.23. The number of Topliss-reactive ketones (excluding diaryl/α,β-unsaturated/α-hetero) is 1. The predicted molar refractivity (Wildman–Crippen MR) is 188 cm³/mol. The van der Waals surface area contributed by atoms with Crippen LogP contribution in [0.15, 0.2) is 64.3 Å². The second-order valence-electron chi connectivity index (χ2n) is 13.9. The van der Waals surface area contributed by atoms with Gasteiger partial charge in [-0.25, -0.2) is 0 Å². The molecule has 0 heterocycles. The Bertz CT molecular complexity index is 1590. The average molecular weight is 693 g/mol. The van der Waals surface area contributed by atoms with Gasteiger partial charge in [-0.2, -0.15) is 11.8 Å². The molecule has 1 aromatic carbocycles. The fraction of sp³-hybridized carbons (Fsp3) is 0.514. The molecule has 1 spiro atoms. The van der Waals surface area contributed by atoms with Crippen LogP contribution < -0.4 is 21.3 Å². The van der Waals surface area contributed by atoms with Gasteiger partial charge in [0, 0.05) is 29.4 Å². The van der Waals surface area contributed by atoms with Crippen molar-refractivity contribution in [3.05, 3.63) is 69.8 Å². The molecule has 0 bridgehead atoms. The highest BCUT2D eigenvalue weighted by Crippen LogP contribution is 2.65. The Morgan fingerprint density at radius 1 is 1.00 bits per heavy atom. The van der Waals surface area contributed by atoms with Crippen LogP contribution in [0.4, 0.5) is 0 Å². The molecule has 1 fully saturated rings. The van der Waals surface area contributed by atoms with Gasteiger partial charge in [-0.3, -0.25) is 24.0 Å². The zero-order valence-electron chi connectivity index (χ0n) is 29.1. The molecule has 264 valence electrons. The normalized spacial score (nSPS) is 21.1. The van der Waals surface area contributed by atoms with Gasteiger partial charge in [0.05, 0.1) is 12.6 Å².